The van der Waals surface area contributed by atoms with Gasteiger partial charge >= 0.3 is 6.18 Å². The molecule has 1 amide bonds. The highest BCUT2D eigenvalue weighted by molar-refractivity contribution is 9.10. The Labute approximate surface area is 167 Å². The molecule has 28 heavy (non-hydrogen) atoms. The number of aryl methyl sites for hydroxylation is 1. The standard InChI is InChI=1S/C18H17BrF3N5O/c1-11-17(19)12(2)27(24-11)9-13-4-3-5-14(8-13)23-16(28)10-26-7-6-15(25-26)18(20,21)22/h3-8H,9-10H2,1-2H3,(H,23,28). The lowest BCUT2D eigenvalue weighted by molar-refractivity contribution is -0.141. The lowest BCUT2D eigenvalue weighted by Crippen LogP contribution is -2.20. The minimum absolute atomic E-state index is 0.315. The zero-order chi connectivity index (χ0) is 20.5. The van der Waals surface area contributed by atoms with Crippen molar-refractivity contribution in [2.75, 3.05) is 5.32 Å². The van der Waals surface area contributed by atoms with Crippen LogP contribution in [0.15, 0.2) is 41.0 Å². The lowest BCUT2D eigenvalue weighted by Gasteiger charge is -2.09. The third-order valence-corrected chi connectivity index (χ3v) is 5.22. The van der Waals surface area contributed by atoms with Crippen molar-refractivity contribution in [2.45, 2.75) is 33.1 Å². The minimum atomic E-state index is -4.53. The van der Waals surface area contributed by atoms with Gasteiger partial charge in [0.15, 0.2) is 5.69 Å². The van der Waals surface area contributed by atoms with Gasteiger partial charge in [0, 0.05) is 11.9 Å². The molecule has 0 saturated carbocycles. The predicted octanol–water partition coefficient (Wildman–Crippen LogP) is 4.16. The fourth-order valence-electron chi connectivity index (χ4n) is 2.70. The Morgan fingerprint density at radius 1 is 1.21 bits per heavy atom. The first-order valence-electron chi connectivity index (χ1n) is 8.32. The van der Waals surface area contributed by atoms with Gasteiger partial charge in [0.25, 0.3) is 0 Å². The Hall–Kier alpha value is -2.62. The highest BCUT2D eigenvalue weighted by Gasteiger charge is 2.33. The zero-order valence-electron chi connectivity index (χ0n) is 15.1. The molecule has 0 radical (unpaired) electrons. The van der Waals surface area contributed by atoms with E-state index >= 15 is 0 Å². The number of aromatic nitrogens is 4. The molecule has 3 rings (SSSR count). The lowest BCUT2D eigenvalue weighted by atomic mass is 10.2. The molecule has 1 N–H and O–H groups in total. The number of alkyl halides is 3. The molecular weight excluding hydrogens is 439 g/mol. The van der Waals surface area contributed by atoms with Crippen molar-refractivity contribution in [2.24, 2.45) is 0 Å². The molecule has 0 fully saturated rings. The highest BCUT2D eigenvalue weighted by atomic mass is 79.9. The van der Waals surface area contributed by atoms with E-state index < -0.39 is 17.8 Å². The summed E-state index contributed by atoms with van der Waals surface area (Å²) in [7, 11) is 0. The summed E-state index contributed by atoms with van der Waals surface area (Å²) in [4.78, 5) is 12.1. The normalized spacial score (nSPS) is 11.6. The molecule has 3 aromatic rings. The van der Waals surface area contributed by atoms with Crippen LogP contribution in [0.5, 0.6) is 0 Å². The zero-order valence-corrected chi connectivity index (χ0v) is 16.7. The van der Waals surface area contributed by atoms with Crippen molar-refractivity contribution in [1.29, 1.82) is 0 Å². The molecule has 0 spiro atoms. The van der Waals surface area contributed by atoms with Crippen LogP contribution in [0.2, 0.25) is 0 Å². The molecule has 2 aromatic heterocycles. The maximum absolute atomic E-state index is 12.6. The molecule has 0 saturated heterocycles. The van der Waals surface area contributed by atoms with Crippen molar-refractivity contribution >= 4 is 27.5 Å². The molecule has 1 aromatic carbocycles. The maximum atomic E-state index is 12.6. The summed E-state index contributed by atoms with van der Waals surface area (Å²) in [6, 6.07) is 8.04. The summed E-state index contributed by atoms with van der Waals surface area (Å²) >= 11 is 3.49. The van der Waals surface area contributed by atoms with Crippen LogP contribution in [0, 0.1) is 13.8 Å². The van der Waals surface area contributed by atoms with Crippen LogP contribution in [0.25, 0.3) is 0 Å². The molecule has 2 heterocycles. The fourth-order valence-corrected chi connectivity index (χ4v) is 2.98. The summed E-state index contributed by atoms with van der Waals surface area (Å²) in [5.74, 6) is -0.470. The van der Waals surface area contributed by atoms with Crippen LogP contribution in [-0.2, 0) is 24.1 Å². The first-order valence-corrected chi connectivity index (χ1v) is 9.12. The Balaban J connectivity index is 1.66. The van der Waals surface area contributed by atoms with Gasteiger partial charge in [0.2, 0.25) is 5.91 Å². The average Bonchev–Trinajstić information content (AvgIpc) is 3.16. The topological polar surface area (TPSA) is 64.7 Å². The Morgan fingerprint density at radius 3 is 2.57 bits per heavy atom. The van der Waals surface area contributed by atoms with Crippen LogP contribution in [0.4, 0.5) is 18.9 Å². The van der Waals surface area contributed by atoms with E-state index in [-0.39, 0.29) is 6.54 Å². The maximum Gasteiger partial charge on any atom is 0.435 e. The third kappa shape index (κ3) is 4.61. The van der Waals surface area contributed by atoms with Gasteiger partial charge in [-0.15, -0.1) is 0 Å². The molecule has 0 aliphatic heterocycles. The summed E-state index contributed by atoms with van der Waals surface area (Å²) in [5.41, 5.74) is 2.32. The molecule has 0 bridgehead atoms. The molecule has 6 nitrogen and oxygen atoms in total. The van der Waals surface area contributed by atoms with E-state index in [1.54, 1.807) is 18.2 Å². The van der Waals surface area contributed by atoms with Crippen LogP contribution < -0.4 is 5.32 Å². The van der Waals surface area contributed by atoms with Gasteiger partial charge in [-0.2, -0.15) is 23.4 Å². The quantitative estimate of drug-likeness (QED) is 0.627. The number of carbonyl (C=O) groups is 1. The number of anilines is 1. The third-order valence-electron chi connectivity index (χ3n) is 4.07. The van der Waals surface area contributed by atoms with Crippen molar-refractivity contribution in [3.8, 4) is 0 Å². The average molecular weight is 456 g/mol. The predicted molar refractivity (Wildman–Crippen MR) is 101 cm³/mol. The van der Waals surface area contributed by atoms with Gasteiger partial charge in [-0.25, -0.2) is 0 Å². The Bertz CT molecular complexity index is 1010. The molecular formula is C18H17BrF3N5O. The Morgan fingerprint density at radius 2 is 1.96 bits per heavy atom. The monoisotopic (exact) mass is 455 g/mol. The van der Waals surface area contributed by atoms with Gasteiger partial charge in [0.05, 0.1) is 22.4 Å². The number of rotatable bonds is 5. The number of nitrogens with one attached hydrogen (secondary N) is 1. The molecule has 0 atom stereocenters. The van der Waals surface area contributed by atoms with Gasteiger partial charge in [-0.05, 0) is 53.5 Å². The number of halogens is 4. The number of benzene rings is 1. The minimum Gasteiger partial charge on any atom is -0.324 e. The second-order valence-electron chi connectivity index (χ2n) is 6.29. The first-order chi connectivity index (χ1) is 13.1. The van der Waals surface area contributed by atoms with E-state index in [2.05, 4.69) is 31.4 Å². The molecule has 148 valence electrons. The van der Waals surface area contributed by atoms with Gasteiger partial charge < -0.3 is 5.32 Å². The summed E-state index contributed by atoms with van der Waals surface area (Å²) in [6.07, 6.45) is -3.41. The largest absolute Gasteiger partial charge is 0.435 e. The SMILES string of the molecule is Cc1nn(Cc2cccc(NC(=O)Cn3ccc(C(F)(F)F)n3)c2)c(C)c1Br. The van der Waals surface area contributed by atoms with E-state index in [4.69, 9.17) is 0 Å². The van der Waals surface area contributed by atoms with E-state index in [1.165, 1.54) is 0 Å². The summed E-state index contributed by atoms with van der Waals surface area (Å²) in [6.45, 7) is 4.07. The smallest absolute Gasteiger partial charge is 0.324 e. The van der Waals surface area contributed by atoms with Crippen LogP contribution >= 0.6 is 15.9 Å². The van der Waals surface area contributed by atoms with Crippen molar-refractivity contribution in [3.05, 3.63) is 63.6 Å². The number of amides is 1. The molecule has 0 unspecified atom stereocenters. The number of carbonyl (C=O) groups excluding carboxylic acids is 1. The molecule has 0 aliphatic carbocycles. The second-order valence-corrected chi connectivity index (χ2v) is 7.08. The van der Waals surface area contributed by atoms with Crippen LogP contribution in [-0.4, -0.2) is 25.5 Å². The number of hydrogen-bond acceptors (Lipinski definition) is 3. The van der Waals surface area contributed by atoms with Crippen molar-refractivity contribution in [1.82, 2.24) is 19.6 Å². The van der Waals surface area contributed by atoms with E-state index in [9.17, 15) is 18.0 Å². The second kappa shape index (κ2) is 7.78. The van der Waals surface area contributed by atoms with E-state index in [0.29, 0.717) is 12.2 Å². The number of nitrogens with zero attached hydrogens (tertiary/aromatic N) is 4. The summed E-state index contributed by atoms with van der Waals surface area (Å²) in [5, 5.41) is 10.5. The van der Waals surface area contributed by atoms with E-state index in [0.717, 1.165) is 38.4 Å². The van der Waals surface area contributed by atoms with Crippen LogP contribution in [0.3, 0.4) is 0 Å². The van der Waals surface area contributed by atoms with Gasteiger partial charge in [-0.1, -0.05) is 12.1 Å². The fraction of sp³-hybridized carbons (Fsp3) is 0.278. The van der Waals surface area contributed by atoms with E-state index in [1.807, 2.05) is 24.6 Å². The van der Waals surface area contributed by atoms with Crippen molar-refractivity contribution < 1.29 is 18.0 Å². The first kappa shape index (κ1) is 20.1. The molecule has 0 aliphatic rings. The number of hydrogen-bond donors (Lipinski definition) is 1. The molecule has 10 heteroatoms. The highest BCUT2D eigenvalue weighted by Crippen LogP contribution is 2.27. The van der Waals surface area contributed by atoms with Gasteiger partial charge in [0.1, 0.15) is 6.54 Å². The summed E-state index contributed by atoms with van der Waals surface area (Å²) < 4.78 is 41.5. The van der Waals surface area contributed by atoms with Crippen LogP contribution in [0.1, 0.15) is 22.6 Å². The van der Waals surface area contributed by atoms with Gasteiger partial charge in [-0.3, -0.25) is 14.2 Å². The Kier molecular flexibility index (Phi) is 5.59. The van der Waals surface area contributed by atoms with Crippen molar-refractivity contribution in [3.63, 3.8) is 0 Å².